The van der Waals surface area contributed by atoms with E-state index in [0.29, 0.717) is 18.0 Å². The van der Waals surface area contributed by atoms with Gasteiger partial charge in [-0.2, -0.15) is 0 Å². The lowest BCUT2D eigenvalue weighted by molar-refractivity contribution is 0.501. The van der Waals surface area contributed by atoms with Gasteiger partial charge in [0.15, 0.2) is 5.58 Å². The zero-order chi connectivity index (χ0) is 14.0. The maximum atomic E-state index is 11.8. The first kappa shape index (κ1) is 14.2. The van der Waals surface area contributed by atoms with E-state index in [0.717, 1.165) is 23.9 Å². The molecular formula is C15H20ClNO2. The van der Waals surface area contributed by atoms with Crippen LogP contribution in [-0.2, 0) is 6.54 Å². The second-order valence-electron chi connectivity index (χ2n) is 5.03. The van der Waals surface area contributed by atoms with Crippen LogP contribution in [0.2, 0.25) is 0 Å². The van der Waals surface area contributed by atoms with Crippen LogP contribution in [0.5, 0.6) is 0 Å². The van der Waals surface area contributed by atoms with E-state index in [4.69, 9.17) is 16.0 Å². The molecule has 0 spiro atoms. The number of oxazole rings is 1. The van der Waals surface area contributed by atoms with Crippen molar-refractivity contribution in [2.75, 3.05) is 0 Å². The van der Waals surface area contributed by atoms with Gasteiger partial charge in [-0.05, 0) is 30.0 Å². The Bertz CT molecular complexity index is 614. The molecule has 104 valence electrons. The molecule has 4 heteroatoms. The monoisotopic (exact) mass is 281 g/mol. The second-order valence-corrected chi connectivity index (χ2v) is 5.50. The fourth-order valence-electron chi connectivity index (χ4n) is 2.23. The number of nitrogens with zero attached hydrogens (tertiary/aromatic N) is 1. The molecule has 2 unspecified atom stereocenters. The first-order valence-corrected chi connectivity index (χ1v) is 7.29. The largest absolute Gasteiger partial charge is 0.419 e. The van der Waals surface area contributed by atoms with Gasteiger partial charge in [-0.15, -0.1) is 11.6 Å². The summed E-state index contributed by atoms with van der Waals surface area (Å²) in [6.07, 6.45) is 1.92. The highest BCUT2D eigenvalue weighted by Crippen LogP contribution is 2.32. The fourth-order valence-corrected chi connectivity index (χ4v) is 2.54. The van der Waals surface area contributed by atoms with Gasteiger partial charge in [0.05, 0.1) is 10.9 Å². The molecule has 2 rings (SSSR count). The molecule has 19 heavy (non-hydrogen) atoms. The third kappa shape index (κ3) is 2.71. The molecule has 3 nitrogen and oxygen atoms in total. The number of rotatable bonds is 5. The lowest BCUT2D eigenvalue weighted by Crippen LogP contribution is -2.13. The number of fused-ring (bicyclic) bond motifs is 1. The maximum Gasteiger partial charge on any atom is 0.419 e. The standard InChI is InChI=1S/C15H20ClNO2/c1-4-8-17-12-7-6-11(14(16)10(3)5-2)9-13(12)19-15(17)18/h6-7,9-10,14H,4-5,8H2,1-3H3. The van der Waals surface area contributed by atoms with Crippen molar-refractivity contribution in [2.24, 2.45) is 5.92 Å². The topological polar surface area (TPSA) is 35.1 Å². The summed E-state index contributed by atoms with van der Waals surface area (Å²) in [5.74, 6) is 0.104. The van der Waals surface area contributed by atoms with E-state index in [-0.39, 0.29) is 11.1 Å². The normalized spacial score (nSPS) is 14.7. The van der Waals surface area contributed by atoms with Crippen LogP contribution in [0.4, 0.5) is 0 Å². The highest BCUT2D eigenvalue weighted by Gasteiger charge is 2.17. The molecule has 0 radical (unpaired) electrons. The van der Waals surface area contributed by atoms with Crippen molar-refractivity contribution in [1.29, 1.82) is 0 Å². The van der Waals surface area contributed by atoms with Crippen molar-refractivity contribution in [1.82, 2.24) is 4.57 Å². The molecule has 0 amide bonds. The van der Waals surface area contributed by atoms with Crippen LogP contribution in [0, 0.1) is 5.92 Å². The van der Waals surface area contributed by atoms with E-state index >= 15 is 0 Å². The molecule has 0 aliphatic heterocycles. The molecule has 2 atom stereocenters. The van der Waals surface area contributed by atoms with Crippen molar-refractivity contribution in [3.05, 3.63) is 34.3 Å². The van der Waals surface area contributed by atoms with Crippen LogP contribution in [-0.4, -0.2) is 4.57 Å². The molecule has 0 bridgehead atoms. The SMILES string of the molecule is CCCn1c(=O)oc2cc(C(Cl)C(C)CC)ccc21. The lowest BCUT2D eigenvalue weighted by Gasteiger charge is -2.16. The number of hydrogen-bond acceptors (Lipinski definition) is 2. The maximum absolute atomic E-state index is 11.8. The molecule has 0 saturated carbocycles. The number of halogens is 1. The predicted octanol–water partition coefficient (Wildman–Crippen LogP) is 4.33. The summed E-state index contributed by atoms with van der Waals surface area (Å²) in [4.78, 5) is 11.8. The molecule has 0 N–H and O–H groups in total. The van der Waals surface area contributed by atoms with Gasteiger partial charge < -0.3 is 4.42 Å². The third-order valence-electron chi connectivity index (χ3n) is 3.60. The Kier molecular flexibility index (Phi) is 4.35. The number of aryl methyl sites for hydroxylation is 1. The molecule has 0 saturated heterocycles. The van der Waals surface area contributed by atoms with Gasteiger partial charge in [0.25, 0.3) is 0 Å². The average molecular weight is 282 g/mol. The number of hydrogen-bond donors (Lipinski definition) is 0. The van der Waals surface area contributed by atoms with E-state index in [1.807, 2.05) is 25.1 Å². The Morgan fingerprint density at radius 2 is 2.11 bits per heavy atom. The van der Waals surface area contributed by atoms with Gasteiger partial charge in [0.1, 0.15) is 0 Å². The van der Waals surface area contributed by atoms with Crippen LogP contribution in [0.15, 0.2) is 27.4 Å². The summed E-state index contributed by atoms with van der Waals surface area (Å²) in [6.45, 7) is 6.97. The summed E-state index contributed by atoms with van der Waals surface area (Å²) in [5, 5.41) is -0.0470. The van der Waals surface area contributed by atoms with Gasteiger partial charge in [0, 0.05) is 6.54 Å². The van der Waals surface area contributed by atoms with E-state index < -0.39 is 0 Å². The van der Waals surface area contributed by atoms with Crippen molar-refractivity contribution < 1.29 is 4.42 Å². The molecule has 0 aliphatic rings. The third-order valence-corrected chi connectivity index (χ3v) is 4.28. The molecule has 1 heterocycles. The van der Waals surface area contributed by atoms with E-state index in [1.54, 1.807) is 4.57 Å². The van der Waals surface area contributed by atoms with Gasteiger partial charge in [-0.25, -0.2) is 4.79 Å². The zero-order valence-corrected chi connectivity index (χ0v) is 12.4. The quantitative estimate of drug-likeness (QED) is 0.765. The highest BCUT2D eigenvalue weighted by molar-refractivity contribution is 6.21. The highest BCUT2D eigenvalue weighted by atomic mass is 35.5. The summed E-state index contributed by atoms with van der Waals surface area (Å²) >= 11 is 6.44. The van der Waals surface area contributed by atoms with Crippen LogP contribution < -0.4 is 5.76 Å². The first-order valence-electron chi connectivity index (χ1n) is 6.85. The second kappa shape index (κ2) is 5.83. The van der Waals surface area contributed by atoms with E-state index in [1.165, 1.54) is 0 Å². The molecule has 1 aromatic heterocycles. The predicted molar refractivity (Wildman–Crippen MR) is 78.8 cm³/mol. The lowest BCUT2D eigenvalue weighted by atomic mass is 9.98. The zero-order valence-electron chi connectivity index (χ0n) is 11.6. The summed E-state index contributed by atoms with van der Waals surface area (Å²) in [7, 11) is 0. The van der Waals surface area contributed by atoms with Crippen molar-refractivity contribution >= 4 is 22.7 Å². The molecule has 1 aromatic carbocycles. The Labute approximate surface area is 118 Å². The minimum absolute atomic E-state index is 0.0470. The summed E-state index contributed by atoms with van der Waals surface area (Å²) < 4.78 is 6.98. The van der Waals surface area contributed by atoms with Crippen molar-refractivity contribution in [2.45, 2.75) is 45.5 Å². The summed E-state index contributed by atoms with van der Waals surface area (Å²) in [5.41, 5.74) is 2.49. The van der Waals surface area contributed by atoms with Gasteiger partial charge >= 0.3 is 5.76 Å². The van der Waals surface area contributed by atoms with E-state index in [9.17, 15) is 4.79 Å². The van der Waals surface area contributed by atoms with Crippen LogP contribution in [0.3, 0.4) is 0 Å². The van der Waals surface area contributed by atoms with Gasteiger partial charge in [0.2, 0.25) is 0 Å². The fraction of sp³-hybridized carbons (Fsp3) is 0.533. The number of benzene rings is 1. The van der Waals surface area contributed by atoms with Gasteiger partial charge in [-0.3, -0.25) is 4.57 Å². The van der Waals surface area contributed by atoms with E-state index in [2.05, 4.69) is 13.8 Å². The van der Waals surface area contributed by atoms with Gasteiger partial charge in [-0.1, -0.05) is 33.3 Å². The number of aromatic nitrogens is 1. The van der Waals surface area contributed by atoms with Crippen molar-refractivity contribution in [3.63, 3.8) is 0 Å². The molecule has 0 fully saturated rings. The smallest absolute Gasteiger partial charge is 0.408 e. The average Bonchev–Trinajstić information content (AvgIpc) is 2.73. The Morgan fingerprint density at radius 3 is 2.74 bits per heavy atom. The minimum Gasteiger partial charge on any atom is -0.408 e. The Hall–Kier alpha value is -1.22. The molecule has 2 aromatic rings. The Morgan fingerprint density at radius 1 is 1.37 bits per heavy atom. The minimum atomic E-state index is -0.288. The molecule has 0 aliphatic carbocycles. The van der Waals surface area contributed by atoms with Crippen LogP contribution in [0.25, 0.3) is 11.1 Å². The van der Waals surface area contributed by atoms with Crippen LogP contribution in [0.1, 0.15) is 44.6 Å². The van der Waals surface area contributed by atoms with Crippen LogP contribution >= 0.6 is 11.6 Å². The Balaban J connectivity index is 2.45. The first-order chi connectivity index (χ1) is 9.08. The molecular weight excluding hydrogens is 262 g/mol. The van der Waals surface area contributed by atoms with Crippen molar-refractivity contribution in [3.8, 4) is 0 Å². The summed E-state index contributed by atoms with van der Waals surface area (Å²) in [6, 6.07) is 5.82. The number of alkyl halides is 1.